The molecule has 4 rings (SSSR count). The highest BCUT2D eigenvalue weighted by atomic mass is 16.5. The number of amides is 1. The van der Waals surface area contributed by atoms with Crippen LogP contribution in [0, 0.1) is 0 Å². The number of hydrogen-bond acceptors (Lipinski definition) is 3. The van der Waals surface area contributed by atoms with Crippen molar-refractivity contribution >= 4 is 23.2 Å². The number of benzene rings is 3. The Morgan fingerprint density at radius 2 is 1.59 bits per heavy atom. The van der Waals surface area contributed by atoms with Crippen LogP contribution in [-0.2, 0) is 11.3 Å². The lowest BCUT2D eigenvalue weighted by Gasteiger charge is -2.28. The second-order valence-electron chi connectivity index (χ2n) is 8.09. The van der Waals surface area contributed by atoms with Gasteiger partial charge >= 0.3 is 0 Å². The maximum Gasteiger partial charge on any atom is 0.252 e. The zero-order valence-electron chi connectivity index (χ0n) is 18.6. The number of rotatable bonds is 7. The van der Waals surface area contributed by atoms with Crippen molar-refractivity contribution < 1.29 is 9.53 Å². The van der Waals surface area contributed by atoms with Gasteiger partial charge in [-0.2, -0.15) is 0 Å². The average Bonchev–Trinajstić information content (AvgIpc) is 2.87. The van der Waals surface area contributed by atoms with Gasteiger partial charge in [-0.25, -0.2) is 0 Å². The largest absolute Gasteiger partial charge is 0.497 e. The lowest BCUT2D eigenvalue weighted by Crippen LogP contribution is -2.29. The Bertz CT molecular complexity index is 1040. The van der Waals surface area contributed by atoms with E-state index in [9.17, 15) is 4.79 Å². The zero-order valence-corrected chi connectivity index (χ0v) is 18.6. The molecule has 1 heterocycles. The van der Waals surface area contributed by atoms with Crippen LogP contribution in [0.15, 0.2) is 78.9 Å². The SMILES string of the molecule is COc1ccc(/C=C(/C(=O)NCc2ccc(N3CCCCC3)cc2)c2ccccc2)cc1. The maximum absolute atomic E-state index is 13.1. The predicted molar refractivity (Wildman–Crippen MR) is 132 cm³/mol. The number of ether oxygens (including phenoxy) is 1. The van der Waals surface area contributed by atoms with Gasteiger partial charge in [0, 0.05) is 30.9 Å². The van der Waals surface area contributed by atoms with E-state index in [1.54, 1.807) is 7.11 Å². The van der Waals surface area contributed by atoms with Crippen LogP contribution in [-0.4, -0.2) is 26.1 Å². The number of methoxy groups -OCH3 is 1. The summed E-state index contributed by atoms with van der Waals surface area (Å²) in [6.07, 6.45) is 5.78. The minimum absolute atomic E-state index is 0.0906. The van der Waals surface area contributed by atoms with Gasteiger partial charge in [0.05, 0.1) is 7.11 Å². The Morgan fingerprint density at radius 1 is 0.906 bits per heavy atom. The highest BCUT2D eigenvalue weighted by molar-refractivity contribution is 6.24. The molecular formula is C28H30N2O2. The summed E-state index contributed by atoms with van der Waals surface area (Å²) in [5, 5.41) is 3.09. The Labute approximate surface area is 190 Å². The van der Waals surface area contributed by atoms with Crippen molar-refractivity contribution in [2.75, 3.05) is 25.1 Å². The second-order valence-corrected chi connectivity index (χ2v) is 8.09. The molecule has 0 bridgehead atoms. The van der Waals surface area contributed by atoms with Crippen LogP contribution >= 0.6 is 0 Å². The van der Waals surface area contributed by atoms with E-state index >= 15 is 0 Å². The second kappa shape index (κ2) is 10.7. The van der Waals surface area contributed by atoms with Gasteiger partial charge in [-0.1, -0.05) is 54.6 Å². The number of nitrogens with one attached hydrogen (secondary N) is 1. The summed E-state index contributed by atoms with van der Waals surface area (Å²) in [7, 11) is 1.65. The minimum Gasteiger partial charge on any atom is -0.497 e. The fraction of sp³-hybridized carbons (Fsp3) is 0.250. The minimum atomic E-state index is -0.0906. The van der Waals surface area contributed by atoms with Gasteiger partial charge in [0.25, 0.3) is 5.91 Å². The highest BCUT2D eigenvalue weighted by Crippen LogP contribution is 2.22. The van der Waals surface area contributed by atoms with Crippen LogP contribution in [0.4, 0.5) is 5.69 Å². The summed E-state index contributed by atoms with van der Waals surface area (Å²) >= 11 is 0. The van der Waals surface area contributed by atoms with Gasteiger partial charge in [-0.15, -0.1) is 0 Å². The Balaban J connectivity index is 1.47. The van der Waals surface area contributed by atoms with E-state index in [-0.39, 0.29) is 5.91 Å². The van der Waals surface area contributed by atoms with Crippen molar-refractivity contribution in [2.45, 2.75) is 25.8 Å². The van der Waals surface area contributed by atoms with Gasteiger partial charge < -0.3 is 15.0 Å². The summed E-state index contributed by atoms with van der Waals surface area (Å²) in [5.41, 5.74) is 4.84. The molecule has 0 atom stereocenters. The number of piperidine rings is 1. The van der Waals surface area contributed by atoms with Crippen molar-refractivity contribution in [3.05, 3.63) is 95.6 Å². The molecule has 3 aromatic rings. The van der Waals surface area contributed by atoms with E-state index in [4.69, 9.17) is 4.74 Å². The fourth-order valence-electron chi connectivity index (χ4n) is 4.02. The third kappa shape index (κ3) is 5.58. The summed E-state index contributed by atoms with van der Waals surface area (Å²) in [5.74, 6) is 0.702. The molecule has 1 fully saturated rings. The van der Waals surface area contributed by atoms with E-state index in [1.807, 2.05) is 60.7 Å². The summed E-state index contributed by atoms with van der Waals surface area (Å²) in [6, 6.07) is 26.0. The molecule has 3 aromatic carbocycles. The van der Waals surface area contributed by atoms with Crippen molar-refractivity contribution in [3.63, 3.8) is 0 Å². The van der Waals surface area contributed by atoms with Crippen molar-refractivity contribution in [2.24, 2.45) is 0 Å². The van der Waals surface area contributed by atoms with Gasteiger partial charge in [-0.3, -0.25) is 4.79 Å². The van der Waals surface area contributed by atoms with E-state index in [1.165, 1.54) is 24.9 Å². The van der Waals surface area contributed by atoms with E-state index in [0.717, 1.165) is 35.5 Å². The van der Waals surface area contributed by atoms with Gasteiger partial charge in [0.1, 0.15) is 5.75 Å². The molecule has 0 aliphatic carbocycles. The first-order valence-corrected chi connectivity index (χ1v) is 11.3. The third-order valence-corrected chi connectivity index (χ3v) is 5.87. The molecule has 1 amide bonds. The van der Waals surface area contributed by atoms with Gasteiger partial charge in [-0.05, 0) is 66.3 Å². The molecule has 4 nitrogen and oxygen atoms in total. The Hall–Kier alpha value is -3.53. The van der Waals surface area contributed by atoms with E-state index in [2.05, 4.69) is 34.5 Å². The maximum atomic E-state index is 13.1. The molecule has 0 unspecified atom stereocenters. The smallest absolute Gasteiger partial charge is 0.252 e. The molecule has 32 heavy (non-hydrogen) atoms. The molecule has 1 saturated heterocycles. The monoisotopic (exact) mass is 426 g/mol. The summed E-state index contributed by atoms with van der Waals surface area (Å²) < 4.78 is 5.24. The van der Waals surface area contributed by atoms with Crippen molar-refractivity contribution in [1.29, 1.82) is 0 Å². The normalized spacial score (nSPS) is 14.2. The third-order valence-electron chi connectivity index (χ3n) is 5.87. The lowest BCUT2D eigenvalue weighted by molar-refractivity contribution is -0.115. The lowest BCUT2D eigenvalue weighted by atomic mass is 10.0. The summed E-state index contributed by atoms with van der Waals surface area (Å²) in [4.78, 5) is 15.6. The molecule has 164 valence electrons. The topological polar surface area (TPSA) is 41.6 Å². The molecule has 0 spiro atoms. The van der Waals surface area contributed by atoms with Crippen molar-refractivity contribution in [3.8, 4) is 5.75 Å². The van der Waals surface area contributed by atoms with Crippen LogP contribution in [0.3, 0.4) is 0 Å². The number of carbonyl (C=O) groups excluding carboxylic acids is 1. The molecule has 0 aromatic heterocycles. The summed E-state index contributed by atoms with van der Waals surface area (Å²) in [6.45, 7) is 2.76. The number of carbonyl (C=O) groups is 1. The predicted octanol–water partition coefficient (Wildman–Crippen LogP) is 5.54. The Kier molecular flexibility index (Phi) is 7.23. The molecule has 1 N–H and O–H groups in total. The molecule has 0 saturated carbocycles. The number of hydrogen-bond donors (Lipinski definition) is 1. The van der Waals surface area contributed by atoms with Crippen molar-refractivity contribution in [1.82, 2.24) is 5.32 Å². The zero-order chi connectivity index (χ0) is 22.2. The van der Waals surface area contributed by atoms with Crippen LogP contribution < -0.4 is 15.0 Å². The highest BCUT2D eigenvalue weighted by Gasteiger charge is 2.13. The fourth-order valence-corrected chi connectivity index (χ4v) is 4.02. The van der Waals surface area contributed by atoms with Gasteiger partial charge in [0.15, 0.2) is 0 Å². The first-order valence-electron chi connectivity index (χ1n) is 11.3. The molecule has 4 heteroatoms. The first kappa shape index (κ1) is 21.7. The standard InChI is InChI=1S/C28H30N2O2/c1-32-26-16-12-22(13-17-26)20-27(24-8-4-2-5-9-24)28(31)29-21-23-10-14-25(15-11-23)30-18-6-3-7-19-30/h2,4-5,8-17,20H,3,6-7,18-19,21H2,1H3,(H,29,31)/b27-20+. The van der Waals surface area contributed by atoms with Crippen LogP contribution in [0.1, 0.15) is 36.0 Å². The van der Waals surface area contributed by atoms with Crippen LogP contribution in [0.25, 0.3) is 11.6 Å². The molecular weight excluding hydrogens is 396 g/mol. The average molecular weight is 427 g/mol. The van der Waals surface area contributed by atoms with E-state index in [0.29, 0.717) is 12.1 Å². The quantitative estimate of drug-likeness (QED) is 0.398. The first-order chi connectivity index (χ1) is 15.7. The van der Waals surface area contributed by atoms with Crippen LogP contribution in [0.2, 0.25) is 0 Å². The number of anilines is 1. The van der Waals surface area contributed by atoms with E-state index < -0.39 is 0 Å². The van der Waals surface area contributed by atoms with Crippen LogP contribution in [0.5, 0.6) is 5.75 Å². The molecule has 1 aliphatic heterocycles. The van der Waals surface area contributed by atoms with Gasteiger partial charge in [0.2, 0.25) is 0 Å². The number of nitrogens with zero attached hydrogens (tertiary/aromatic N) is 1. The molecule has 1 aliphatic rings. The molecule has 0 radical (unpaired) electrons. The Morgan fingerprint density at radius 3 is 2.25 bits per heavy atom.